The zero-order valence-electron chi connectivity index (χ0n) is 11.2. The molecule has 2 N–H and O–H groups in total. The van der Waals surface area contributed by atoms with Crippen molar-refractivity contribution in [2.24, 2.45) is 0 Å². The zero-order valence-corrected chi connectivity index (χ0v) is 12.8. The van der Waals surface area contributed by atoms with Gasteiger partial charge in [-0.1, -0.05) is 11.6 Å². The Balaban J connectivity index is 2.03. The van der Waals surface area contributed by atoms with Gasteiger partial charge >= 0.3 is 0 Å². The highest BCUT2D eigenvalue weighted by Gasteiger charge is 2.21. The summed E-state index contributed by atoms with van der Waals surface area (Å²) >= 11 is 5.83. The number of hydrogen-bond acceptors (Lipinski definition) is 5. The monoisotopic (exact) mass is 333 g/mol. The van der Waals surface area contributed by atoms with Crippen LogP contribution in [0.3, 0.4) is 0 Å². The van der Waals surface area contributed by atoms with E-state index in [1.54, 1.807) is 0 Å². The van der Waals surface area contributed by atoms with Gasteiger partial charge in [0.1, 0.15) is 4.90 Å². The van der Waals surface area contributed by atoms with Crippen LogP contribution in [0, 0.1) is 10.1 Å². The maximum atomic E-state index is 12.1. The topological polar surface area (TPSA) is 101 Å². The van der Waals surface area contributed by atoms with Gasteiger partial charge in [0.05, 0.1) is 9.95 Å². The maximum Gasteiger partial charge on any atom is 0.271 e. The van der Waals surface area contributed by atoms with Crippen LogP contribution in [0.25, 0.3) is 0 Å². The molecule has 1 saturated heterocycles. The third-order valence-electron chi connectivity index (χ3n) is 3.36. The molecule has 1 aliphatic heterocycles. The van der Waals surface area contributed by atoms with E-state index in [4.69, 9.17) is 11.6 Å². The van der Waals surface area contributed by atoms with Gasteiger partial charge in [0.15, 0.2) is 0 Å². The first-order valence-electron chi connectivity index (χ1n) is 6.57. The predicted octanol–water partition coefficient (Wildman–Crippen LogP) is 1.67. The van der Waals surface area contributed by atoms with E-state index in [1.165, 1.54) is 0 Å². The molecule has 0 aliphatic carbocycles. The third kappa shape index (κ3) is 4.13. The lowest BCUT2D eigenvalue weighted by Gasteiger charge is -2.11. The fraction of sp³-hybridized carbons (Fsp3) is 0.500. The second-order valence-corrected chi connectivity index (χ2v) is 6.99. The lowest BCUT2D eigenvalue weighted by Crippen LogP contribution is -2.30. The average Bonchev–Trinajstić information content (AvgIpc) is 2.91. The molecule has 0 aromatic heterocycles. The molecule has 2 rings (SSSR count). The number of nitrogens with zero attached hydrogens (tertiary/aromatic N) is 1. The van der Waals surface area contributed by atoms with Crippen molar-refractivity contribution in [2.75, 3.05) is 13.1 Å². The van der Waals surface area contributed by atoms with Gasteiger partial charge < -0.3 is 5.32 Å². The maximum absolute atomic E-state index is 12.1. The van der Waals surface area contributed by atoms with E-state index in [1.807, 2.05) is 0 Å². The molecule has 1 aliphatic rings. The molecule has 9 heteroatoms. The van der Waals surface area contributed by atoms with Crippen LogP contribution in [-0.4, -0.2) is 32.5 Å². The molecule has 0 spiro atoms. The second kappa shape index (κ2) is 6.69. The summed E-state index contributed by atoms with van der Waals surface area (Å²) in [4.78, 5) is 9.84. The quantitative estimate of drug-likeness (QED) is 0.609. The van der Waals surface area contributed by atoms with Crippen LogP contribution in [0.4, 0.5) is 5.69 Å². The number of benzene rings is 1. The van der Waals surface area contributed by atoms with Crippen LogP contribution in [-0.2, 0) is 10.0 Å². The third-order valence-corrected chi connectivity index (χ3v) is 5.31. The smallest absolute Gasteiger partial charge is 0.271 e. The van der Waals surface area contributed by atoms with E-state index in [0.29, 0.717) is 19.0 Å². The standard InChI is InChI=1S/C12H16ClN3O4S/c13-11-8-10(16(17)18)3-4-12(11)21(19,20)15-7-5-9-2-1-6-14-9/h3-4,8-9,14-15H,1-2,5-7H2/t9-/m1/s1. The van der Waals surface area contributed by atoms with E-state index in [0.717, 1.165) is 37.6 Å². The van der Waals surface area contributed by atoms with E-state index < -0.39 is 14.9 Å². The molecule has 0 unspecified atom stereocenters. The molecule has 1 aromatic carbocycles. The van der Waals surface area contributed by atoms with Crippen LogP contribution in [0.2, 0.25) is 5.02 Å². The first-order chi connectivity index (χ1) is 9.90. The van der Waals surface area contributed by atoms with Crippen molar-refractivity contribution in [1.82, 2.24) is 10.0 Å². The van der Waals surface area contributed by atoms with Gasteiger partial charge in [-0.05, 0) is 31.9 Å². The summed E-state index contributed by atoms with van der Waals surface area (Å²) in [5, 5.41) is 13.7. The van der Waals surface area contributed by atoms with Crippen LogP contribution < -0.4 is 10.0 Å². The van der Waals surface area contributed by atoms with Crippen molar-refractivity contribution < 1.29 is 13.3 Å². The Morgan fingerprint density at radius 3 is 2.81 bits per heavy atom. The Morgan fingerprint density at radius 2 is 2.24 bits per heavy atom. The highest BCUT2D eigenvalue weighted by molar-refractivity contribution is 7.89. The minimum atomic E-state index is -3.76. The number of halogens is 1. The summed E-state index contributed by atoms with van der Waals surface area (Å²) in [5.41, 5.74) is -0.242. The lowest BCUT2D eigenvalue weighted by molar-refractivity contribution is -0.384. The van der Waals surface area contributed by atoms with E-state index in [-0.39, 0.29) is 15.6 Å². The van der Waals surface area contributed by atoms with E-state index in [9.17, 15) is 18.5 Å². The molecule has 116 valence electrons. The molecule has 21 heavy (non-hydrogen) atoms. The number of rotatable bonds is 6. The summed E-state index contributed by atoms with van der Waals surface area (Å²) in [6.45, 7) is 1.26. The van der Waals surface area contributed by atoms with Crippen LogP contribution in [0.15, 0.2) is 23.1 Å². The number of non-ortho nitro benzene ring substituents is 1. The second-order valence-electron chi connectivity index (χ2n) is 4.85. The Bertz CT molecular complexity index is 629. The number of nitro groups is 1. The molecule has 0 saturated carbocycles. The van der Waals surface area contributed by atoms with Crippen molar-refractivity contribution in [3.05, 3.63) is 33.3 Å². The average molecular weight is 334 g/mol. The minimum absolute atomic E-state index is 0.144. The Morgan fingerprint density at radius 1 is 1.48 bits per heavy atom. The number of nitrogens with one attached hydrogen (secondary N) is 2. The fourth-order valence-corrected chi connectivity index (χ4v) is 3.85. The summed E-state index contributed by atoms with van der Waals surface area (Å²) in [6, 6.07) is 3.64. The molecule has 1 aromatic rings. The van der Waals surface area contributed by atoms with Gasteiger partial charge in [-0.3, -0.25) is 10.1 Å². The summed E-state index contributed by atoms with van der Waals surface area (Å²) in [6.07, 6.45) is 2.84. The van der Waals surface area contributed by atoms with Crippen molar-refractivity contribution in [3.8, 4) is 0 Å². The first kappa shape index (κ1) is 16.2. The summed E-state index contributed by atoms with van der Waals surface area (Å²) < 4.78 is 26.7. The van der Waals surface area contributed by atoms with Crippen molar-refractivity contribution >= 4 is 27.3 Å². The largest absolute Gasteiger partial charge is 0.314 e. The Hall–Kier alpha value is -1.22. The molecule has 1 atom stereocenters. The Labute approximate surface area is 127 Å². The zero-order chi connectivity index (χ0) is 15.5. The molecule has 0 radical (unpaired) electrons. The van der Waals surface area contributed by atoms with Gasteiger partial charge in [-0.15, -0.1) is 0 Å². The number of nitro benzene ring substituents is 1. The molecule has 1 heterocycles. The van der Waals surface area contributed by atoms with E-state index in [2.05, 4.69) is 10.0 Å². The molecule has 0 amide bonds. The summed E-state index contributed by atoms with van der Waals surface area (Å²) in [5.74, 6) is 0. The van der Waals surface area contributed by atoms with Gasteiger partial charge in [0.25, 0.3) is 5.69 Å². The molecule has 1 fully saturated rings. The first-order valence-corrected chi connectivity index (χ1v) is 8.43. The van der Waals surface area contributed by atoms with Crippen LogP contribution in [0.1, 0.15) is 19.3 Å². The molecular formula is C12H16ClN3O4S. The molecule has 0 bridgehead atoms. The number of hydrogen-bond donors (Lipinski definition) is 2. The Kier molecular flexibility index (Phi) is 5.15. The van der Waals surface area contributed by atoms with Gasteiger partial charge in [-0.25, -0.2) is 13.1 Å². The van der Waals surface area contributed by atoms with Gasteiger partial charge in [-0.2, -0.15) is 0 Å². The highest BCUT2D eigenvalue weighted by Crippen LogP contribution is 2.26. The van der Waals surface area contributed by atoms with Crippen molar-refractivity contribution in [1.29, 1.82) is 0 Å². The van der Waals surface area contributed by atoms with Gasteiger partial charge in [0.2, 0.25) is 10.0 Å². The highest BCUT2D eigenvalue weighted by atomic mass is 35.5. The summed E-state index contributed by atoms with van der Waals surface area (Å²) in [7, 11) is -3.76. The normalized spacial score (nSPS) is 18.8. The van der Waals surface area contributed by atoms with Crippen LogP contribution >= 0.6 is 11.6 Å². The SMILES string of the molecule is O=[N+]([O-])c1ccc(S(=O)(=O)NCC[C@H]2CCCN2)c(Cl)c1. The van der Waals surface area contributed by atoms with Crippen molar-refractivity contribution in [2.45, 2.75) is 30.2 Å². The molecule has 7 nitrogen and oxygen atoms in total. The fourth-order valence-electron chi connectivity index (χ4n) is 2.27. The number of sulfonamides is 1. The van der Waals surface area contributed by atoms with E-state index >= 15 is 0 Å². The van der Waals surface area contributed by atoms with Crippen LogP contribution in [0.5, 0.6) is 0 Å². The van der Waals surface area contributed by atoms with Gasteiger partial charge in [0, 0.05) is 24.7 Å². The predicted molar refractivity (Wildman–Crippen MR) is 78.9 cm³/mol. The van der Waals surface area contributed by atoms with Crippen molar-refractivity contribution in [3.63, 3.8) is 0 Å². The lowest BCUT2D eigenvalue weighted by atomic mass is 10.2. The molecular weight excluding hydrogens is 318 g/mol. The minimum Gasteiger partial charge on any atom is -0.314 e.